The van der Waals surface area contributed by atoms with E-state index in [1.165, 1.54) is 7.11 Å². The topological polar surface area (TPSA) is 97.6 Å². The highest BCUT2D eigenvalue weighted by Gasteiger charge is 2.43. The molecule has 1 heterocycles. The lowest BCUT2D eigenvalue weighted by atomic mass is 10.1. The Labute approximate surface area is 87.1 Å². The van der Waals surface area contributed by atoms with Crippen molar-refractivity contribution < 1.29 is 34.6 Å². The van der Waals surface area contributed by atoms with Crippen molar-refractivity contribution in [3.05, 3.63) is 0 Å². The lowest BCUT2D eigenvalue weighted by Gasteiger charge is -2.13. The van der Waals surface area contributed by atoms with Gasteiger partial charge in [0.1, 0.15) is 24.9 Å². The molecule has 1 fully saturated rings. The van der Waals surface area contributed by atoms with Crippen LogP contribution < -0.4 is 0 Å². The van der Waals surface area contributed by atoms with E-state index < -0.39 is 31.2 Å². The van der Waals surface area contributed by atoms with Gasteiger partial charge in [-0.05, 0) is 0 Å². The third kappa shape index (κ3) is 3.35. The van der Waals surface area contributed by atoms with Crippen LogP contribution in [0.25, 0.3) is 0 Å². The van der Waals surface area contributed by atoms with Crippen LogP contribution in [0.3, 0.4) is 0 Å². The number of aliphatic hydroxyl groups is 3. The zero-order chi connectivity index (χ0) is 11.3. The zero-order valence-corrected chi connectivity index (χ0v) is 8.41. The summed E-state index contributed by atoms with van der Waals surface area (Å²) in [6.07, 6.45) is -4.35. The van der Waals surface area contributed by atoms with Crippen LogP contribution >= 0.6 is 0 Å². The Hall–Kier alpha value is -0.280. The van der Waals surface area contributed by atoms with Gasteiger partial charge < -0.3 is 24.8 Å². The van der Waals surface area contributed by atoms with Gasteiger partial charge in [-0.15, -0.1) is 0 Å². The Morgan fingerprint density at radius 3 is 2.47 bits per heavy atom. The van der Waals surface area contributed by atoms with Crippen molar-refractivity contribution in [2.24, 2.45) is 0 Å². The maximum Gasteiger partial charge on any atom is 0.220 e. The van der Waals surface area contributed by atoms with E-state index in [-0.39, 0.29) is 6.61 Å². The summed E-state index contributed by atoms with van der Waals surface area (Å²) < 4.78 is 9.68. The molecular formula is C8H16O7. The Kier molecular flexibility index (Phi) is 5.40. The smallest absolute Gasteiger partial charge is 0.220 e. The van der Waals surface area contributed by atoms with E-state index in [9.17, 15) is 10.2 Å². The average Bonchev–Trinajstić information content (AvgIpc) is 2.52. The molecule has 1 unspecified atom stereocenters. The van der Waals surface area contributed by atoms with Gasteiger partial charge in [-0.2, -0.15) is 0 Å². The van der Waals surface area contributed by atoms with Crippen LogP contribution in [-0.4, -0.2) is 66.9 Å². The Balaban J connectivity index is 2.25. The van der Waals surface area contributed by atoms with Gasteiger partial charge in [0.2, 0.25) is 6.29 Å². The SMILES string of the molecule is COCCOOC1O[C@H](CO)[C@@H](O)[C@@H]1O. The molecule has 7 nitrogen and oxygen atoms in total. The fourth-order valence-corrected chi connectivity index (χ4v) is 1.18. The van der Waals surface area contributed by atoms with Crippen molar-refractivity contribution >= 4 is 0 Å². The first-order valence-corrected chi connectivity index (χ1v) is 4.60. The van der Waals surface area contributed by atoms with Gasteiger partial charge >= 0.3 is 0 Å². The number of rotatable bonds is 6. The molecule has 90 valence electrons. The maximum absolute atomic E-state index is 9.39. The third-order valence-electron chi connectivity index (χ3n) is 2.03. The Bertz CT molecular complexity index is 176. The minimum absolute atomic E-state index is 0.183. The summed E-state index contributed by atoms with van der Waals surface area (Å²) in [6, 6.07) is 0. The van der Waals surface area contributed by atoms with E-state index in [0.717, 1.165) is 0 Å². The Morgan fingerprint density at radius 1 is 1.20 bits per heavy atom. The molecule has 4 atom stereocenters. The van der Waals surface area contributed by atoms with E-state index in [0.29, 0.717) is 6.61 Å². The van der Waals surface area contributed by atoms with Crippen LogP contribution in [0.5, 0.6) is 0 Å². The predicted octanol–water partition coefficient (Wildman–Crippen LogP) is -1.98. The number of hydrogen-bond acceptors (Lipinski definition) is 7. The average molecular weight is 224 g/mol. The van der Waals surface area contributed by atoms with Gasteiger partial charge in [-0.3, -0.25) is 0 Å². The van der Waals surface area contributed by atoms with Crippen molar-refractivity contribution in [1.82, 2.24) is 0 Å². The fraction of sp³-hybridized carbons (Fsp3) is 1.00. The Morgan fingerprint density at radius 2 is 1.93 bits per heavy atom. The van der Waals surface area contributed by atoms with Crippen LogP contribution in [-0.2, 0) is 19.2 Å². The van der Waals surface area contributed by atoms with E-state index in [1.807, 2.05) is 0 Å². The molecule has 1 rings (SSSR count). The largest absolute Gasteiger partial charge is 0.394 e. The molecule has 0 amide bonds. The second kappa shape index (κ2) is 6.33. The molecule has 0 saturated carbocycles. The van der Waals surface area contributed by atoms with Crippen LogP contribution in [0.15, 0.2) is 0 Å². The summed E-state index contributed by atoms with van der Waals surface area (Å²) in [6.45, 7) is 0.133. The first-order valence-electron chi connectivity index (χ1n) is 4.60. The first kappa shape index (κ1) is 12.8. The molecule has 0 aromatic rings. The summed E-state index contributed by atoms with van der Waals surface area (Å²) in [5.74, 6) is 0. The van der Waals surface area contributed by atoms with Gasteiger partial charge in [0, 0.05) is 7.11 Å². The van der Waals surface area contributed by atoms with Gasteiger partial charge in [-0.25, -0.2) is 9.78 Å². The van der Waals surface area contributed by atoms with Crippen LogP contribution in [0.1, 0.15) is 0 Å². The first-order chi connectivity index (χ1) is 7.20. The quantitative estimate of drug-likeness (QED) is 0.273. The summed E-state index contributed by atoms with van der Waals surface area (Å²) >= 11 is 0. The van der Waals surface area contributed by atoms with Crippen molar-refractivity contribution in [1.29, 1.82) is 0 Å². The summed E-state index contributed by atoms with van der Waals surface area (Å²) in [4.78, 5) is 9.36. The molecule has 0 aromatic carbocycles. The van der Waals surface area contributed by atoms with Crippen LogP contribution in [0.4, 0.5) is 0 Å². The number of hydrogen-bond donors (Lipinski definition) is 3. The molecule has 0 aromatic heterocycles. The lowest BCUT2D eigenvalue weighted by Crippen LogP contribution is -2.34. The third-order valence-corrected chi connectivity index (χ3v) is 2.03. The number of methoxy groups -OCH3 is 1. The monoisotopic (exact) mass is 224 g/mol. The molecule has 1 saturated heterocycles. The van der Waals surface area contributed by atoms with Gasteiger partial charge in [0.05, 0.1) is 13.2 Å². The van der Waals surface area contributed by atoms with Crippen molar-refractivity contribution in [2.75, 3.05) is 26.9 Å². The molecule has 1 aliphatic rings. The minimum atomic E-state index is -1.23. The zero-order valence-electron chi connectivity index (χ0n) is 8.41. The van der Waals surface area contributed by atoms with Crippen LogP contribution in [0, 0.1) is 0 Å². The highest BCUT2D eigenvalue weighted by Crippen LogP contribution is 2.21. The predicted molar refractivity (Wildman–Crippen MR) is 46.7 cm³/mol. The van der Waals surface area contributed by atoms with Gasteiger partial charge in [0.15, 0.2) is 0 Å². The molecule has 1 aliphatic heterocycles. The van der Waals surface area contributed by atoms with E-state index in [4.69, 9.17) is 19.5 Å². The molecular weight excluding hydrogens is 208 g/mol. The second-order valence-electron chi connectivity index (χ2n) is 3.12. The van der Waals surface area contributed by atoms with Crippen molar-refractivity contribution in [3.63, 3.8) is 0 Å². The van der Waals surface area contributed by atoms with Gasteiger partial charge in [0.25, 0.3) is 0 Å². The van der Waals surface area contributed by atoms with Gasteiger partial charge in [-0.1, -0.05) is 0 Å². The molecule has 0 radical (unpaired) electrons. The standard InChI is InChI=1S/C8H16O7/c1-12-2-3-13-15-8-7(11)6(10)5(4-9)14-8/h5-11H,2-4H2,1H3/t5-,6-,7+,8?/m1/s1. The molecule has 0 bridgehead atoms. The number of ether oxygens (including phenoxy) is 2. The molecule has 3 N–H and O–H groups in total. The van der Waals surface area contributed by atoms with Crippen LogP contribution in [0.2, 0.25) is 0 Å². The summed E-state index contributed by atoms with van der Waals surface area (Å²) in [5.41, 5.74) is 0. The second-order valence-corrected chi connectivity index (χ2v) is 3.12. The summed E-state index contributed by atoms with van der Waals surface area (Å²) in [5, 5.41) is 27.5. The van der Waals surface area contributed by atoms with Crippen molar-refractivity contribution in [2.45, 2.75) is 24.6 Å². The molecule has 7 heteroatoms. The van der Waals surface area contributed by atoms with E-state index in [1.54, 1.807) is 0 Å². The molecule has 0 aliphatic carbocycles. The maximum atomic E-state index is 9.39. The minimum Gasteiger partial charge on any atom is -0.394 e. The molecule has 15 heavy (non-hydrogen) atoms. The van der Waals surface area contributed by atoms with Crippen molar-refractivity contribution in [3.8, 4) is 0 Å². The van der Waals surface area contributed by atoms with E-state index >= 15 is 0 Å². The summed E-state index contributed by atoms with van der Waals surface area (Å²) in [7, 11) is 1.51. The lowest BCUT2D eigenvalue weighted by molar-refractivity contribution is -0.387. The number of aliphatic hydroxyl groups excluding tert-OH is 3. The molecule has 0 spiro atoms. The normalized spacial score (nSPS) is 36.0. The van der Waals surface area contributed by atoms with E-state index in [2.05, 4.69) is 4.89 Å². The highest BCUT2D eigenvalue weighted by molar-refractivity contribution is 4.85. The highest BCUT2D eigenvalue weighted by atomic mass is 17.2. The fourth-order valence-electron chi connectivity index (χ4n) is 1.18.